The van der Waals surface area contributed by atoms with Gasteiger partial charge in [0.2, 0.25) is 0 Å². The molecule has 0 fully saturated rings. The maximum absolute atomic E-state index is 13.3. The van der Waals surface area contributed by atoms with Gasteiger partial charge in [0.25, 0.3) is 5.91 Å². The SMILES string of the molecule is Cc1ccc(OCCN(C)C)cc1C(=O)N[C@H](C)c1cc(-c2cnn(CC(=O)O)c2)nc2ccccc12. The van der Waals surface area contributed by atoms with Gasteiger partial charge in [0.15, 0.2) is 0 Å². The predicted octanol–water partition coefficient (Wildman–Crippen LogP) is 3.92. The number of carboxylic acids is 1. The Bertz CT molecular complexity index is 1430. The number of hydrogen-bond acceptors (Lipinski definition) is 6. The van der Waals surface area contributed by atoms with Crippen LogP contribution < -0.4 is 10.1 Å². The van der Waals surface area contributed by atoms with Crippen LogP contribution in [0.5, 0.6) is 5.75 Å². The molecule has 4 rings (SSSR count). The molecule has 2 aromatic carbocycles. The number of para-hydroxylation sites is 1. The van der Waals surface area contributed by atoms with Gasteiger partial charge in [-0.1, -0.05) is 24.3 Å². The predicted molar refractivity (Wildman–Crippen MR) is 142 cm³/mol. The van der Waals surface area contributed by atoms with E-state index < -0.39 is 5.97 Å². The van der Waals surface area contributed by atoms with Crippen molar-refractivity contribution in [3.8, 4) is 17.0 Å². The van der Waals surface area contributed by atoms with E-state index in [1.165, 1.54) is 4.68 Å². The van der Waals surface area contributed by atoms with E-state index in [-0.39, 0.29) is 18.5 Å². The standard InChI is InChI=1S/C28H31N5O4/c1-18-9-10-21(37-12-11-32(3)4)13-23(18)28(36)30-19(2)24-14-26(31-25-8-6-5-7-22(24)25)20-15-29-33(16-20)17-27(34)35/h5-10,13-16,19H,11-12,17H2,1-4H3,(H,30,36)(H,34,35)/t19-/m1/s1. The summed E-state index contributed by atoms with van der Waals surface area (Å²) in [4.78, 5) is 31.2. The van der Waals surface area contributed by atoms with E-state index in [4.69, 9.17) is 14.8 Å². The van der Waals surface area contributed by atoms with Gasteiger partial charge in [0, 0.05) is 29.3 Å². The van der Waals surface area contributed by atoms with Crippen molar-refractivity contribution in [2.45, 2.75) is 26.4 Å². The summed E-state index contributed by atoms with van der Waals surface area (Å²) in [6, 6.07) is 14.9. The molecule has 0 saturated carbocycles. The van der Waals surface area contributed by atoms with Crippen LogP contribution in [0.15, 0.2) is 60.9 Å². The molecule has 0 aliphatic heterocycles. The number of pyridine rings is 1. The quantitative estimate of drug-likeness (QED) is 0.339. The fraction of sp³-hybridized carbons (Fsp3) is 0.286. The summed E-state index contributed by atoms with van der Waals surface area (Å²) in [6.07, 6.45) is 3.25. The summed E-state index contributed by atoms with van der Waals surface area (Å²) in [6.45, 7) is 4.91. The summed E-state index contributed by atoms with van der Waals surface area (Å²) in [5.41, 5.74) is 4.44. The molecule has 2 aromatic heterocycles. The number of ether oxygens (including phenoxy) is 1. The lowest BCUT2D eigenvalue weighted by molar-refractivity contribution is -0.137. The van der Waals surface area contributed by atoms with E-state index in [0.717, 1.165) is 28.6 Å². The number of aliphatic carboxylic acids is 1. The molecule has 192 valence electrons. The maximum atomic E-state index is 13.3. The number of amides is 1. The lowest BCUT2D eigenvalue weighted by Crippen LogP contribution is -2.27. The van der Waals surface area contributed by atoms with Crippen molar-refractivity contribution in [3.05, 3.63) is 77.6 Å². The Morgan fingerprint density at radius 3 is 2.70 bits per heavy atom. The Labute approximate surface area is 215 Å². The molecule has 0 aliphatic carbocycles. The zero-order chi connectivity index (χ0) is 26.5. The third-order valence-electron chi connectivity index (χ3n) is 6.05. The molecule has 0 unspecified atom stereocenters. The third-order valence-corrected chi connectivity index (χ3v) is 6.05. The fourth-order valence-corrected chi connectivity index (χ4v) is 4.06. The van der Waals surface area contributed by atoms with Gasteiger partial charge in [-0.25, -0.2) is 4.98 Å². The molecule has 0 radical (unpaired) electrons. The number of likely N-dealkylation sites (N-methyl/N-ethyl adjacent to an activating group) is 1. The largest absolute Gasteiger partial charge is 0.492 e. The number of carboxylic acid groups (broad SMARTS) is 1. The number of rotatable bonds is 10. The number of nitrogens with zero attached hydrogens (tertiary/aromatic N) is 4. The molecule has 1 atom stereocenters. The molecule has 0 bridgehead atoms. The highest BCUT2D eigenvalue weighted by molar-refractivity contribution is 5.96. The normalized spacial score (nSPS) is 12.0. The Morgan fingerprint density at radius 2 is 1.95 bits per heavy atom. The topological polar surface area (TPSA) is 110 Å². The van der Waals surface area contributed by atoms with Crippen LogP contribution in [-0.4, -0.2) is 63.9 Å². The van der Waals surface area contributed by atoms with E-state index in [0.29, 0.717) is 29.2 Å². The Morgan fingerprint density at radius 1 is 1.16 bits per heavy atom. The summed E-state index contributed by atoms with van der Waals surface area (Å²) < 4.78 is 7.18. The molecule has 9 nitrogen and oxygen atoms in total. The summed E-state index contributed by atoms with van der Waals surface area (Å²) in [5.74, 6) is -0.513. The van der Waals surface area contributed by atoms with Gasteiger partial charge in [-0.3, -0.25) is 14.3 Å². The molecule has 9 heteroatoms. The van der Waals surface area contributed by atoms with Crippen molar-refractivity contribution in [2.75, 3.05) is 27.2 Å². The summed E-state index contributed by atoms with van der Waals surface area (Å²) >= 11 is 0. The van der Waals surface area contributed by atoms with Crippen molar-refractivity contribution in [1.82, 2.24) is 25.0 Å². The number of fused-ring (bicyclic) bond motifs is 1. The minimum atomic E-state index is -0.972. The highest BCUT2D eigenvalue weighted by atomic mass is 16.5. The summed E-state index contributed by atoms with van der Waals surface area (Å²) in [5, 5.41) is 17.2. The van der Waals surface area contributed by atoms with Crippen molar-refractivity contribution in [2.24, 2.45) is 0 Å². The van der Waals surface area contributed by atoms with Crippen LogP contribution in [0.1, 0.15) is 34.5 Å². The average Bonchev–Trinajstić information content (AvgIpc) is 3.31. The number of nitrogens with one attached hydrogen (secondary N) is 1. The van der Waals surface area contributed by atoms with Gasteiger partial charge in [0.1, 0.15) is 18.9 Å². The second kappa shape index (κ2) is 11.2. The van der Waals surface area contributed by atoms with Crippen LogP contribution in [-0.2, 0) is 11.3 Å². The van der Waals surface area contributed by atoms with Crippen molar-refractivity contribution < 1.29 is 19.4 Å². The lowest BCUT2D eigenvalue weighted by Gasteiger charge is -2.19. The molecular weight excluding hydrogens is 470 g/mol. The first-order valence-corrected chi connectivity index (χ1v) is 12.0. The number of carbonyl (C=O) groups is 2. The van der Waals surface area contributed by atoms with Gasteiger partial charge in [0.05, 0.1) is 23.4 Å². The first-order chi connectivity index (χ1) is 17.7. The molecule has 0 saturated heterocycles. The van der Waals surface area contributed by atoms with Crippen molar-refractivity contribution in [1.29, 1.82) is 0 Å². The van der Waals surface area contributed by atoms with Crippen LogP contribution >= 0.6 is 0 Å². The van der Waals surface area contributed by atoms with Crippen LogP contribution in [0, 0.1) is 6.92 Å². The van der Waals surface area contributed by atoms with Crippen molar-refractivity contribution in [3.63, 3.8) is 0 Å². The van der Waals surface area contributed by atoms with E-state index in [1.807, 2.05) is 75.3 Å². The van der Waals surface area contributed by atoms with Gasteiger partial charge in [-0.15, -0.1) is 0 Å². The molecule has 0 aliphatic rings. The van der Waals surface area contributed by atoms with Gasteiger partial charge >= 0.3 is 5.97 Å². The number of aryl methyl sites for hydroxylation is 1. The number of aromatic nitrogens is 3. The summed E-state index contributed by atoms with van der Waals surface area (Å²) in [7, 11) is 3.96. The second-order valence-corrected chi connectivity index (χ2v) is 9.26. The lowest BCUT2D eigenvalue weighted by atomic mass is 9.99. The Balaban J connectivity index is 1.61. The molecule has 2 heterocycles. The van der Waals surface area contributed by atoms with Crippen LogP contribution in [0.4, 0.5) is 0 Å². The van der Waals surface area contributed by atoms with Crippen molar-refractivity contribution >= 4 is 22.8 Å². The maximum Gasteiger partial charge on any atom is 0.325 e. The van der Waals surface area contributed by atoms with Gasteiger partial charge < -0.3 is 20.1 Å². The highest BCUT2D eigenvalue weighted by Crippen LogP contribution is 2.29. The number of carbonyl (C=O) groups excluding carboxylic acids is 1. The van der Waals surface area contributed by atoms with Gasteiger partial charge in [-0.2, -0.15) is 5.10 Å². The molecular formula is C28H31N5O4. The van der Waals surface area contributed by atoms with Crippen LogP contribution in [0.25, 0.3) is 22.2 Å². The number of hydrogen-bond donors (Lipinski definition) is 2. The second-order valence-electron chi connectivity index (χ2n) is 9.26. The molecule has 37 heavy (non-hydrogen) atoms. The molecule has 4 aromatic rings. The van der Waals surface area contributed by atoms with E-state index in [1.54, 1.807) is 18.5 Å². The van der Waals surface area contributed by atoms with Crippen LogP contribution in [0.3, 0.4) is 0 Å². The minimum Gasteiger partial charge on any atom is -0.492 e. The Kier molecular flexibility index (Phi) is 7.83. The average molecular weight is 502 g/mol. The Hall–Kier alpha value is -4.24. The van der Waals surface area contributed by atoms with Crippen LogP contribution in [0.2, 0.25) is 0 Å². The first-order valence-electron chi connectivity index (χ1n) is 12.0. The highest BCUT2D eigenvalue weighted by Gasteiger charge is 2.18. The fourth-order valence-electron chi connectivity index (χ4n) is 4.06. The number of benzene rings is 2. The zero-order valence-corrected chi connectivity index (χ0v) is 21.4. The molecule has 0 spiro atoms. The zero-order valence-electron chi connectivity index (χ0n) is 21.4. The van der Waals surface area contributed by atoms with E-state index in [9.17, 15) is 9.59 Å². The smallest absolute Gasteiger partial charge is 0.325 e. The molecule has 2 N–H and O–H groups in total. The first kappa shape index (κ1) is 25.8. The third kappa shape index (κ3) is 6.31. The van der Waals surface area contributed by atoms with E-state index in [2.05, 4.69) is 10.4 Å². The van der Waals surface area contributed by atoms with Gasteiger partial charge in [-0.05, 0) is 63.3 Å². The monoisotopic (exact) mass is 501 g/mol. The minimum absolute atomic E-state index is 0.195. The van der Waals surface area contributed by atoms with E-state index >= 15 is 0 Å². The molecule has 1 amide bonds.